The maximum Gasteiger partial charge on any atom is 0.245 e. The van der Waals surface area contributed by atoms with Crippen LogP contribution in [0.5, 0.6) is 0 Å². The molecule has 1 amide bonds. The van der Waals surface area contributed by atoms with Gasteiger partial charge in [-0.05, 0) is 37.8 Å². The molecule has 1 unspecified atom stereocenters. The predicted molar refractivity (Wildman–Crippen MR) is 131 cm³/mol. The highest BCUT2D eigenvalue weighted by molar-refractivity contribution is 7.84. The molecule has 0 spiro atoms. The first-order chi connectivity index (χ1) is 16.0. The Bertz CT molecular complexity index is 1060. The summed E-state index contributed by atoms with van der Waals surface area (Å²) in [5.74, 6) is -0.963. The molecule has 2 aliphatic heterocycles. The molecule has 1 aromatic carbocycles. The van der Waals surface area contributed by atoms with Crippen LogP contribution in [0.25, 0.3) is 0 Å². The van der Waals surface area contributed by atoms with E-state index in [0.29, 0.717) is 13.0 Å². The van der Waals surface area contributed by atoms with Crippen LogP contribution in [0.15, 0.2) is 17.0 Å². The molecule has 0 saturated carbocycles. The molecule has 2 aromatic rings. The number of benzene rings is 1. The van der Waals surface area contributed by atoms with Gasteiger partial charge < -0.3 is 15.1 Å². The number of hydrogen-bond donors (Lipinski definition) is 1. The van der Waals surface area contributed by atoms with Crippen LogP contribution in [0.4, 0.5) is 19.6 Å². The third kappa shape index (κ3) is 5.25. The number of anilines is 2. The van der Waals surface area contributed by atoms with Gasteiger partial charge in [0.2, 0.25) is 11.0 Å². The molecule has 3 heterocycles. The zero-order valence-electron chi connectivity index (χ0n) is 19.9. The fourth-order valence-corrected chi connectivity index (χ4v) is 5.89. The Morgan fingerprint density at radius 2 is 1.76 bits per heavy atom. The molecule has 34 heavy (non-hydrogen) atoms. The normalized spacial score (nSPS) is 21.1. The van der Waals surface area contributed by atoms with Crippen LogP contribution >= 0.6 is 11.5 Å². The number of likely N-dealkylation sites (tertiary alicyclic amines) is 1. The zero-order valence-corrected chi connectivity index (χ0v) is 21.6. The van der Waals surface area contributed by atoms with Gasteiger partial charge in [-0.3, -0.25) is 9.00 Å². The number of carbonyl (C=O) groups excluding carboxylic acids is 1. The van der Waals surface area contributed by atoms with E-state index in [9.17, 15) is 17.8 Å². The third-order valence-corrected chi connectivity index (χ3v) is 8.08. The lowest BCUT2D eigenvalue weighted by molar-refractivity contribution is -0.137. The Kier molecular flexibility index (Phi) is 7.23. The highest BCUT2D eigenvalue weighted by Gasteiger charge is 2.36. The first-order valence-corrected chi connectivity index (χ1v) is 13.9. The van der Waals surface area contributed by atoms with Gasteiger partial charge in [-0.1, -0.05) is 20.8 Å². The van der Waals surface area contributed by atoms with Crippen molar-refractivity contribution < 1.29 is 17.8 Å². The van der Waals surface area contributed by atoms with Gasteiger partial charge >= 0.3 is 0 Å². The van der Waals surface area contributed by atoms with Gasteiger partial charge in [0.15, 0.2) is 11.6 Å². The number of amides is 1. The Morgan fingerprint density at radius 3 is 2.32 bits per heavy atom. The summed E-state index contributed by atoms with van der Waals surface area (Å²) in [6.07, 6.45) is 4.25. The van der Waals surface area contributed by atoms with Gasteiger partial charge in [-0.2, -0.15) is 4.37 Å². The number of halogens is 2. The van der Waals surface area contributed by atoms with Gasteiger partial charge in [0.25, 0.3) is 0 Å². The molecule has 2 saturated heterocycles. The number of carbonyl (C=O) groups is 1. The van der Waals surface area contributed by atoms with Crippen LogP contribution in [0.3, 0.4) is 0 Å². The van der Waals surface area contributed by atoms with Gasteiger partial charge in [0.05, 0.1) is 0 Å². The average Bonchev–Trinajstić information content (AvgIpc) is 3.28. The van der Waals surface area contributed by atoms with Crippen molar-refractivity contribution in [3.63, 3.8) is 0 Å². The molecular formula is C23H31F2N5O2S2. The number of hydrogen-bond acceptors (Lipinski definition) is 7. The van der Waals surface area contributed by atoms with E-state index in [1.54, 1.807) is 0 Å². The maximum absolute atomic E-state index is 14.5. The van der Waals surface area contributed by atoms with Crippen molar-refractivity contribution in [1.82, 2.24) is 14.3 Å². The number of nitrogens with one attached hydrogen (secondary N) is 1. The maximum atomic E-state index is 14.5. The summed E-state index contributed by atoms with van der Waals surface area (Å²) in [5.41, 5.74) is -0.433. The monoisotopic (exact) mass is 511 g/mol. The Balaban J connectivity index is 1.39. The Morgan fingerprint density at radius 1 is 1.12 bits per heavy atom. The fourth-order valence-electron chi connectivity index (χ4n) is 4.44. The zero-order chi connectivity index (χ0) is 24.6. The minimum absolute atomic E-state index is 0.0777. The second-order valence-corrected chi connectivity index (χ2v) is 12.1. The van der Waals surface area contributed by atoms with Crippen LogP contribution in [0.2, 0.25) is 0 Å². The van der Waals surface area contributed by atoms with Gasteiger partial charge in [-0.25, -0.2) is 13.8 Å². The van der Waals surface area contributed by atoms with E-state index in [0.717, 1.165) is 55.4 Å². The van der Waals surface area contributed by atoms with E-state index in [1.807, 2.05) is 4.90 Å². The Labute approximate surface area is 205 Å². The molecule has 0 bridgehead atoms. The van der Waals surface area contributed by atoms with Gasteiger partial charge in [0.1, 0.15) is 17.6 Å². The smallest absolute Gasteiger partial charge is 0.245 e. The van der Waals surface area contributed by atoms with E-state index < -0.39 is 28.5 Å². The van der Waals surface area contributed by atoms with Crippen molar-refractivity contribution in [1.29, 1.82) is 0 Å². The van der Waals surface area contributed by atoms with Crippen molar-refractivity contribution in [2.45, 2.75) is 68.8 Å². The summed E-state index contributed by atoms with van der Waals surface area (Å²) in [4.78, 5) is 22.1. The summed E-state index contributed by atoms with van der Waals surface area (Å²) in [7, 11) is -1.50. The van der Waals surface area contributed by atoms with Crippen molar-refractivity contribution in [3.8, 4) is 0 Å². The standard InChI is InChI=1S/C23H31F2N5O2S2/c1-23(2,3)21-27-22(33-28-21)29-10-7-14(8-11-29)30-9-5-6-18(20(30)31)26-19-16(24)12-15(34(4)32)13-17(19)25/h12-14,18,26H,5-11H2,1-4H3/t18-,34?/m0/s1. The molecule has 0 aliphatic carbocycles. The number of piperidine rings is 2. The quantitative estimate of drug-likeness (QED) is 0.656. The van der Waals surface area contributed by atoms with Gasteiger partial charge in [-0.15, -0.1) is 0 Å². The number of aromatic nitrogens is 2. The van der Waals surface area contributed by atoms with Crippen LogP contribution < -0.4 is 10.2 Å². The van der Waals surface area contributed by atoms with Crippen LogP contribution in [-0.2, 0) is 21.0 Å². The average molecular weight is 512 g/mol. The van der Waals surface area contributed by atoms with Crippen molar-refractivity contribution >= 4 is 39.1 Å². The SMILES string of the molecule is CS(=O)c1cc(F)c(N[C@H]2CCCN(C3CCN(c4nc(C(C)(C)C)ns4)CC3)C2=O)c(F)c1. The van der Waals surface area contributed by atoms with Crippen LogP contribution in [-0.4, -0.2) is 62.3 Å². The van der Waals surface area contributed by atoms with E-state index >= 15 is 0 Å². The number of rotatable bonds is 5. The molecule has 0 radical (unpaired) electrons. The fraction of sp³-hybridized carbons (Fsp3) is 0.609. The predicted octanol–water partition coefficient (Wildman–Crippen LogP) is 3.92. The van der Waals surface area contributed by atoms with Crippen molar-refractivity contribution in [2.75, 3.05) is 36.1 Å². The van der Waals surface area contributed by atoms with E-state index in [-0.39, 0.29) is 27.9 Å². The highest BCUT2D eigenvalue weighted by atomic mass is 32.2. The molecule has 2 fully saturated rings. The van der Waals surface area contributed by atoms with Crippen LogP contribution in [0, 0.1) is 11.6 Å². The van der Waals surface area contributed by atoms with E-state index in [1.165, 1.54) is 17.8 Å². The molecule has 1 N–H and O–H groups in total. The lowest BCUT2D eigenvalue weighted by Crippen LogP contribution is -2.54. The molecule has 11 heteroatoms. The summed E-state index contributed by atoms with van der Waals surface area (Å²) in [6, 6.07) is 1.51. The molecular weight excluding hydrogens is 480 g/mol. The Hall–Kier alpha value is -2.14. The molecule has 1 aromatic heterocycles. The van der Waals surface area contributed by atoms with E-state index in [4.69, 9.17) is 4.98 Å². The molecule has 2 aliphatic rings. The minimum atomic E-state index is -1.50. The lowest BCUT2D eigenvalue weighted by Gasteiger charge is -2.42. The summed E-state index contributed by atoms with van der Waals surface area (Å²) in [6.45, 7) is 8.48. The first kappa shape index (κ1) is 25.0. The summed E-state index contributed by atoms with van der Waals surface area (Å²) < 4.78 is 45.1. The highest BCUT2D eigenvalue weighted by Crippen LogP contribution is 2.30. The minimum Gasteiger partial charge on any atom is -0.369 e. The van der Waals surface area contributed by atoms with Crippen molar-refractivity contribution in [2.24, 2.45) is 0 Å². The molecule has 2 atom stereocenters. The first-order valence-electron chi connectivity index (χ1n) is 11.5. The third-order valence-electron chi connectivity index (χ3n) is 6.40. The van der Waals surface area contributed by atoms with Crippen molar-refractivity contribution in [3.05, 3.63) is 29.6 Å². The topological polar surface area (TPSA) is 78.4 Å². The van der Waals surface area contributed by atoms with Gasteiger partial charge in [0, 0.05) is 64.6 Å². The lowest BCUT2D eigenvalue weighted by atomic mass is 9.96. The summed E-state index contributed by atoms with van der Waals surface area (Å²) in [5, 5.41) is 3.70. The second kappa shape index (κ2) is 9.85. The molecule has 186 valence electrons. The van der Waals surface area contributed by atoms with E-state index in [2.05, 4.69) is 35.4 Å². The van der Waals surface area contributed by atoms with Crippen LogP contribution in [0.1, 0.15) is 52.3 Å². The number of nitrogens with zero attached hydrogens (tertiary/aromatic N) is 4. The summed E-state index contributed by atoms with van der Waals surface area (Å²) >= 11 is 1.41. The molecule has 4 rings (SSSR count). The molecule has 7 nitrogen and oxygen atoms in total. The largest absolute Gasteiger partial charge is 0.369 e. The second-order valence-electron chi connectivity index (χ2n) is 9.96.